The van der Waals surface area contributed by atoms with Gasteiger partial charge < -0.3 is 18.7 Å². The molecule has 4 aromatic rings. The van der Waals surface area contributed by atoms with Crippen molar-refractivity contribution in [2.45, 2.75) is 64.0 Å². The SMILES string of the molecule is COc1ccc(N2CCC[C@H]2c2nc3cc(-c4c(C)noc4C)ccc3n2[C@@H]2CCC(F)(F)C2)cc1Cl. The van der Waals surface area contributed by atoms with Crippen molar-refractivity contribution in [1.29, 1.82) is 0 Å². The van der Waals surface area contributed by atoms with Gasteiger partial charge >= 0.3 is 0 Å². The highest BCUT2D eigenvalue weighted by molar-refractivity contribution is 6.32. The van der Waals surface area contributed by atoms with Crippen molar-refractivity contribution in [1.82, 2.24) is 14.7 Å². The van der Waals surface area contributed by atoms with Crippen molar-refractivity contribution < 1.29 is 18.0 Å². The highest BCUT2D eigenvalue weighted by Gasteiger charge is 2.43. The fourth-order valence-corrected chi connectivity index (χ4v) is 6.36. The molecule has 2 fully saturated rings. The van der Waals surface area contributed by atoms with Gasteiger partial charge in [-0.25, -0.2) is 13.8 Å². The first-order chi connectivity index (χ1) is 17.8. The van der Waals surface area contributed by atoms with Crippen molar-refractivity contribution in [2.75, 3.05) is 18.6 Å². The Kier molecular flexibility index (Phi) is 5.90. The summed E-state index contributed by atoms with van der Waals surface area (Å²) in [5.74, 6) is -0.467. The third-order valence-electron chi connectivity index (χ3n) is 7.80. The number of methoxy groups -OCH3 is 1. The van der Waals surface area contributed by atoms with Crippen molar-refractivity contribution in [3.63, 3.8) is 0 Å². The molecule has 2 aromatic carbocycles. The average Bonchev–Trinajstić information content (AvgIpc) is 3.63. The Morgan fingerprint density at radius 1 is 1.14 bits per heavy atom. The molecular weight excluding hydrogens is 498 g/mol. The van der Waals surface area contributed by atoms with Gasteiger partial charge in [-0.3, -0.25) is 0 Å². The number of hydrogen-bond donors (Lipinski definition) is 0. The highest BCUT2D eigenvalue weighted by Crippen LogP contribution is 2.46. The van der Waals surface area contributed by atoms with E-state index in [2.05, 4.69) is 14.6 Å². The predicted molar refractivity (Wildman–Crippen MR) is 140 cm³/mol. The number of hydrogen-bond acceptors (Lipinski definition) is 5. The molecule has 0 radical (unpaired) electrons. The summed E-state index contributed by atoms with van der Waals surface area (Å²) in [7, 11) is 1.59. The zero-order chi connectivity index (χ0) is 25.9. The van der Waals surface area contributed by atoms with E-state index in [0.717, 1.165) is 64.5 Å². The standard InChI is InChI=1S/C28H29ClF2N4O2/c1-16-26(17(2)37-33-16)18-6-8-23-22(13-18)32-27(35(23)20-10-11-28(30,31)15-20)24-5-4-12-34(24)19-7-9-25(36-3)21(29)14-19/h6-9,13-14,20,24H,4-5,10-12,15H2,1-3H3/t20-,24+/m1/s1. The first-order valence-electron chi connectivity index (χ1n) is 12.7. The molecule has 1 saturated heterocycles. The van der Waals surface area contributed by atoms with E-state index in [1.54, 1.807) is 7.11 Å². The zero-order valence-electron chi connectivity index (χ0n) is 21.1. The summed E-state index contributed by atoms with van der Waals surface area (Å²) in [6.07, 6.45) is 2.02. The van der Waals surface area contributed by atoms with Crippen molar-refractivity contribution in [3.8, 4) is 16.9 Å². The fourth-order valence-electron chi connectivity index (χ4n) is 6.11. The molecule has 0 bridgehead atoms. The number of benzene rings is 2. The van der Waals surface area contributed by atoms with E-state index in [1.165, 1.54) is 0 Å². The summed E-state index contributed by atoms with van der Waals surface area (Å²) in [6, 6.07) is 11.5. The van der Waals surface area contributed by atoms with Crippen LogP contribution in [-0.4, -0.2) is 34.3 Å². The molecule has 0 spiro atoms. The lowest BCUT2D eigenvalue weighted by Crippen LogP contribution is -2.26. The maximum absolute atomic E-state index is 14.4. The molecule has 0 N–H and O–H groups in total. The summed E-state index contributed by atoms with van der Waals surface area (Å²) < 4.78 is 41.6. The van der Waals surface area contributed by atoms with E-state index in [1.807, 2.05) is 50.2 Å². The van der Waals surface area contributed by atoms with Gasteiger partial charge in [0.1, 0.15) is 17.3 Å². The largest absolute Gasteiger partial charge is 0.495 e. The van der Waals surface area contributed by atoms with Gasteiger partial charge in [0.05, 0.1) is 34.9 Å². The number of halogens is 3. The van der Waals surface area contributed by atoms with Crippen LogP contribution in [0.1, 0.15) is 61.5 Å². The Morgan fingerprint density at radius 2 is 1.97 bits per heavy atom. The molecule has 1 aliphatic heterocycles. The molecule has 194 valence electrons. The normalized spacial score (nSPS) is 21.3. The Morgan fingerprint density at radius 3 is 2.65 bits per heavy atom. The van der Waals surface area contributed by atoms with Crippen molar-refractivity contribution in [3.05, 3.63) is 58.7 Å². The van der Waals surface area contributed by atoms with Gasteiger partial charge in [0.2, 0.25) is 5.92 Å². The van der Waals surface area contributed by atoms with Crippen molar-refractivity contribution >= 4 is 28.3 Å². The van der Waals surface area contributed by atoms with E-state index in [9.17, 15) is 8.78 Å². The van der Waals surface area contributed by atoms with E-state index in [-0.39, 0.29) is 24.9 Å². The van der Waals surface area contributed by atoms with Crippen LogP contribution in [0.2, 0.25) is 5.02 Å². The van der Waals surface area contributed by atoms with Crippen LogP contribution in [-0.2, 0) is 0 Å². The Balaban J connectivity index is 1.48. The average molecular weight is 527 g/mol. The Labute approximate surface area is 219 Å². The topological polar surface area (TPSA) is 56.3 Å². The highest BCUT2D eigenvalue weighted by atomic mass is 35.5. The smallest absolute Gasteiger partial charge is 0.250 e. The van der Waals surface area contributed by atoms with E-state index >= 15 is 0 Å². The number of alkyl halides is 2. The van der Waals surface area contributed by atoms with Crippen LogP contribution in [0.4, 0.5) is 14.5 Å². The van der Waals surface area contributed by atoms with Gasteiger partial charge in [0, 0.05) is 36.7 Å². The minimum absolute atomic E-state index is 0.0476. The van der Waals surface area contributed by atoms with Crippen LogP contribution in [0.15, 0.2) is 40.9 Å². The second-order valence-corrected chi connectivity index (χ2v) is 10.6. The second-order valence-electron chi connectivity index (χ2n) is 10.2. The monoisotopic (exact) mass is 526 g/mol. The summed E-state index contributed by atoms with van der Waals surface area (Å²) in [5.41, 5.74) is 5.36. The van der Waals surface area contributed by atoms with E-state index in [4.69, 9.17) is 25.8 Å². The third kappa shape index (κ3) is 4.15. The molecule has 9 heteroatoms. The number of aryl methyl sites for hydroxylation is 2. The maximum Gasteiger partial charge on any atom is 0.250 e. The minimum atomic E-state index is -2.66. The first kappa shape index (κ1) is 24.2. The molecular formula is C28H29ClF2N4O2. The van der Waals surface area contributed by atoms with Crippen LogP contribution in [0, 0.1) is 13.8 Å². The fraction of sp³-hybridized carbons (Fsp3) is 0.429. The van der Waals surface area contributed by atoms with Crippen LogP contribution in [0.25, 0.3) is 22.2 Å². The zero-order valence-corrected chi connectivity index (χ0v) is 21.9. The summed E-state index contributed by atoms with van der Waals surface area (Å²) in [6.45, 7) is 4.64. The van der Waals surface area contributed by atoms with Crippen molar-refractivity contribution in [2.24, 2.45) is 0 Å². The lowest BCUT2D eigenvalue weighted by Gasteiger charge is -2.29. The first-order valence-corrected chi connectivity index (χ1v) is 13.1. The number of imidazole rings is 1. The Bertz CT molecular complexity index is 1460. The van der Waals surface area contributed by atoms with Gasteiger partial charge in [-0.15, -0.1) is 0 Å². The number of nitrogens with zero attached hydrogens (tertiary/aromatic N) is 4. The number of ether oxygens (including phenoxy) is 1. The van der Waals surface area contributed by atoms with Gasteiger partial charge in [-0.05, 0) is 69.0 Å². The maximum atomic E-state index is 14.4. The van der Waals surface area contributed by atoms with Gasteiger partial charge in [-0.1, -0.05) is 22.8 Å². The lowest BCUT2D eigenvalue weighted by molar-refractivity contribution is 0.00566. The van der Waals surface area contributed by atoms with Gasteiger partial charge in [-0.2, -0.15) is 0 Å². The van der Waals surface area contributed by atoms with E-state index in [0.29, 0.717) is 17.2 Å². The van der Waals surface area contributed by atoms with Crippen LogP contribution in [0.5, 0.6) is 5.75 Å². The molecule has 37 heavy (non-hydrogen) atoms. The molecule has 2 atom stereocenters. The van der Waals surface area contributed by atoms with Crippen LogP contribution >= 0.6 is 11.6 Å². The molecule has 6 nitrogen and oxygen atoms in total. The van der Waals surface area contributed by atoms with E-state index < -0.39 is 5.92 Å². The number of anilines is 1. The quantitative estimate of drug-likeness (QED) is 0.267. The molecule has 1 aliphatic carbocycles. The van der Waals surface area contributed by atoms with Gasteiger partial charge in [0.25, 0.3) is 0 Å². The predicted octanol–water partition coefficient (Wildman–Crippen LogP) is 7.67. The molecule has 2 aliphatic rings. The summed E-state index contributed by atoms with van der Waals surface area (Å²) in [4.78, 5) is 7.40. The Hall–Kier alpha value is -3.13. The molecule has 6 rings (SSSR count). The molecule has 0 unspecified atom stereocenters. The summed E-state index contributed by atoms with van der Waals surface area (Å²) >= 11 is 6.46. The van der Waals surface area contributed by atoms with Crippen LogP contribution in [0.3, 0.4) is 0 Å². The van der Waals surface area contributed by atoms with Gasteiger partial charge in [0.15, 0.2) is 0 Å². The molecule has 2 aromatic heterocycles. The number of aromatic nitrogens is 3. The lowest BCUT2D eigenvalue weighted by atomic mass is 10.0. The second kappa shape index (κ2) is 9.01. The molecule has 1 saturated carbocycles. The summed E-state index contributed by atoms with van der Waals surface area (Å²) in [5, 5.41) is 4.63. The molecule has 0 amide bonds. The third-order valence-corrected chi connectivity index (χ3v) is 8.09. The number of rotatable bonds is 5. The molecule has 3 heterocycles. The number of fused-ring (bicyclic) bond motifs is 1. The van der Waals surface area contributed by atoms with Crippen LogP contribution < -0.4 is 9.64 Å². The minimum Gasteiger partial charge on any atom is -0.495 e.